The Hall–Kier alpha value is -3.15. The number of carbonyl (C=O) groups is 3. The van der Waals surface area contributed by atoms with Crippen LogP contribution in [0.3, 0.4) is 0 Å². The fraction of sp³-hybridized carbons (Fsp3) is 0.286. The summed E-state index contributed by atoms with van der Waals surface area (Å²) in [7, 11) is 0. The molecular formula is C21H24N2O4. The van der Waals surface area contributed by atoms with Gasteiger partial charge in [-0.25, -0.2) is 0 Å². The van der Waals surface area contributed by atoms with Gasteiger partial charge >= 0.3 is 5.97 Å². The third-order valence-corrected chi connectivity index (χ3v) is 4.02. The van der Waals surface area contributed by atoms with E-state index in [9.17, 15) is 14.4 Å². The van der Waals surface area contributed by atoms with Crippen molar-refractivity contribution in [3.05, 3.63) is 65.7 Å². The van der Waals surface area contributed by atoms with Crippen molar-refractivity contribution in [3.8, 4) is 0 Å². The molecule has 6 heteroatoms. The van der Waals surface area contributed by atoms with Gasteiger partial charge in [-0.05, 0) is 29.2 Å². The highest BCUT2D eigenvalue weighted by atomic mass is 16.4. The molecule has 0 aliphatic carbocycles. The van der Waals surface area contributed by atoms with Crippen molar-refractivity contribution in [2.75, 3.05) is 5.32 Å². The Kier molecular flexibility index (Phi) is 7.11. The summed E-state index contributed by atoms with van der Waals surface area (Å²) in [6.45, 7) is 3.71. The molecule has 3 N–H and O–H groups in total. The number of amides is 2. The Balaban J connectivity index is 2.02. The number of nitrogens with one attached hydrogen (secondary N) is 2. The first-order valence-electron chi connectivity index (χ1n) is 8.80. The second-order valence-corrected chi connectivity index (χ2v) is 6.71. The summed E-state index contributed by atoms with van der Waals surface area (Å²) in [6.07, 6.45) is 0.0799. The fourth-order valence-electron chi connectivity index (χ4n) is 2.69. The van der Waals surface area contributed by atoms with Gasteiger partial charge < -0.3 is 15.7 Å². The van der Waals surface area contributed by atoms with E-state index in [1.54, 1.807) is 24.3 Å². The minimum Gasteiger partial charge on any atom is -0.481 e. The molecule has 0 heterocycles. The van der Waals surface area contributed by atoms with E-state index < -0.39 is 12.0 Å². The number of benzene rings is 2. The van der Waals surface area contributed by atoms with Crippen LogP contribution in [0.2, 0.25) is 0 Å². The van der Waals surface area contributed by atoms with Gasteiger partial charge in [-0.15, -0.1) is 0 Å². The zero-order chi connectivity index (χ0) is 19.8. The number of carbonyl (C=O) groups excluding carboxylic acids is 2. The molecule has 0 aromatic heterocycles. The number of rotatable bonds is 8. The topological polar surface area (TPSA) is 95.5 Å². The minimum atomic E-state index is -0.938. The standard InChI is InChI=1S/C21H24N2O4/c1-14(2)20(23-18(24)12-15-7-4-3-5-8-15)21(27)22-17-10-6-9-16(11-17)13-19(25)26/h3-11,14,20H,12-13H2,1-2H3,(H,22,27)(H,23,24)(H,25,26). The first kappa shape index (κ1) is 20.2. The SMILES string of the molecule is CC(C)C(NC(=O)Cc1ccccc1)C(=O)Nc1cccc(CC(=O)O)c1. The summed E-state index contributed by atoms with van der Waals surface area (Å²) >= 11 is 0. The third kappa shape index (κ3) is 6.58. The van der Waals surface area contributed by atoms with E-state index in [2.05, 4.69) is 10.6 Å². The van der Waals surface area contributed by atoms with Crippen LogP contribution >= 0.6 is 0 Å². The van der Waals surface area contributed by atoms with Crippen LogP contribution in [-0.4, -0.2) is 28.9 Å². The molecule has 0 saturated carbocycles. The van der Waals surface area contributed by atoms with E-state index in [0.29, 0.717) is 11.3 Å². The van der Waals surface area contributed by atoms with Crippen LogP contribution in [-0.2, 0) is 27.2 Å². The predicted molar refractivity (Wildman–Crippen MR) is 103 cm³/mol. The Morgan fingerprint density at radius 1 is 0.926 bits per heavy atom. The highest BCUT2D eigenvalue weighted by molar-refractivity contribution is 5.97. The molecule has 2 amide bonds. The first-order chi connectivity index (χ1) is 12.8. The molecule has 6 nitrogen and oxygen atoms in total. The molecule has 2 aromatic carbocycles. The smallest absolute Gasteiger partial charge is 0.307 e. The van der Waals surface area contributed by atoms with Crippen LogP contribution in [0.25, 0.3) is 0 Å². The van der Waals surface area contributed by atoms with Crippen molar-refractivity contribution in [2.24, 2.45) is 5.92 Å². The van der Waals surface area contributed by atoms with Crippen LogP contribution < -0.4 is 10.6 Å². The normalized spacial score (nSPS) is 11.7. The summed E-state index contributed by atoms with van der Waals surface area (Å²) in [5.74, 6) is -1.60. The van der Waals surface area contributed by atoms with Crippen LogP contribution in [0.4, 0.5) is 5.69 Å². The zero-order valence-corrected chi connectivity index (χ0v) is 15.4. The Morgan fingerprint density at radius 3 is 2.22 bits per heavy atom. The fourth-order valence-corrected chi connectivity index (χ4v) is 2.69. The van der Waals surface area contributed by atoms with E-state index in [-0.39, 0.29) is 30.6 Å². The summed E-state index contributed by atoms with van der Waals surface area (Å²) in [6, 6.07) is 15.3. The highest BCUT2D eigenvalue weighted by Crippen LogP contribution is 2.13. The largest absolute Gasteiger partial charge is 0.481 e. The van der Waals surface area contributed by atoms with E-state index in [1.165, 1.54) is 0 Å². The number of aliphatic carboxylic acids is 1. The Labute approximate surface area is 158 Å². The van der Waals surface area contributed by atoms with Gasteiger partial charge in [-0.1, -0.05) is 56.3 Å². The lowest BCUT2D eigenvalue weighted by atomic mass is 10.0. The molecule has 0 saturated heterocycles. The Morgan fingerprint density at radius 2 is 1.59 bits per heavy atom. The summed E-state index contributed by atoms with van der Waals surface area (Å²) in [5, 5.41) is 14.4. The molecule has 0 aliphatic heterocycles. The highest BCUT2D eigenvalue weighted by Gasteiger charge is 2.24. The van der Waals surface area contributed by atoms with E-state index in [1.807, 2.05) is 44.2 Å². The molecule has 142 valence electrons. The average molecular weight is 368 g/mol. The van der Waals surface area contributed by atoms with E-state index in [4.69, 9.17) is 5.11 Å². The van der Waals surface area contributed by atoms with Gasteiger partial charge in [0.2, 0.25) is 11.8 Å². The lowest BCUT2D eigenvalue weighted by Crippen LogP contribution is -2.47. The Bertz CT molecular complexity index is 803. The van der Waals surface area contributed by atoms with Crippen molar-refractivity contribution in [3.63, 3.8) is 0 Å². The lowest BCUT2D eigenvalue weighted by molar-refractivity contribution is -0.136. The number of carboxylic acids is 1. The van der Waals surface area contributed by atoms with Gasteiger partial charge in [0.05, 0.1) is 12.8 Å². The molecule has 1 atom stereocenters. The summed E-state index contributed by atoms with van der Waals surface area (Å²) in [4.78, 5) is 35.8. The lowest BCUT2D eigenvalue weighted by Gasteiger charge is -2.22. The van der Waals surface area contributed by atoms with Crippen molar-refractivity contribution in [1.82, 2.24) is 5.32 Å². The maximum atomic E-state index is 12.6. The molecule has 0 spiro atoms. The second kappa shape index (κ2) is 9.52. The molecule has 1 unspecified atom stereocenters. The molecule has 0 aliphatic rings. The molecule has 2 aromatic rings. The van der Waals surface area contributed by atoms with Gasteiger partial charge in [0.25, 0.3) is 0 Å². The summed E-state index contributed by atoms with van der Waals surface area (Å²) < 4.78 is 0. The average Bonchev–Trinajstić information content (AvgIpc) is 2.60. The second-order valence-electron chi connectivity index (χ2n) is 6.71. The molecule has 27 heavy (non-hydrogen) atoms. The monoisotopic (exact) mass is 368 g/mol. The molecule has 2 rings (SSSR count). The quantitative estimate of drug-likeness (QED) is 0.667. The van der Waals surface area contributed by atoms with Gasteiger partial charge in [0.15, 0.2) is 0 Å². The number of carboxylic acid groups (broad SMARTS) is 1. The van der Waals surface area contributed by atoms with Crippen molar-refractivity contribution >= 4 is 23.5 Å². The van der Waals surface area contributed by atoms with E-state index >= 15 is 0 Å². The van der Waals surface area contributed by atoms with Gasteiger partial charge in [-0.3, -0.25) is 14.4 Å². The maximum absolute atomic E-state index is 12.6. The zero-order valence-electron chi connectivity index (χ0n) is 15.4. The van der Waals surface area contributed by atoms with Crippen LogP contribution in [0.15, 0.2) is 54.6 Å². The van der Waals surface area contributed by atoms with Crippen LogP contribution in [0.5, 0.6) is 0 Å². The van der Waals surface area contributed by atoms with Gasteiger partial charge in [0, 0.05) is 5.69 Å². The third-order valence-electron chi connectivity index (χ3n) is 4.02. The van der Waals surface area contributed by atoms with Gasteiger partial charge in [-0.2, -0.15) is 0 Å². The number of hydrogen-bond donors (Lipinski definition) is 3. The van der Waals surface area contributed by atoms with Crippen LogP contribution in [0, 0.1) is 5.92 Å². The molecule has 0 fully saturated rings. The molecule has 0 bridgehead atoms. The molecular weight excluding hydrogens is 344 g/mol. The summed E-state index contributed by atoms with van der Waals surface area (Å²) in [5.41, 5.74) is 1.97. The van der Waals surface area contributed by atoms with E-state index in [0.717, 1.165) is 5.56 Å². The van der Waals surface area contributed by atoms with Gasteiger partial charge in [0.1, 0.15) is 6.04 Å². The first-order valence-corrected chi connectivity index (χ1v) is 8.80. The van der Waals surface area contributed by atoms with Crippen molar-refractivity contribution < 1.29 is 19.5 Å². The van der Waals surface area contributed by atoms with Crippen molar-refractivity contribution in [1.29, 1.82) is 0 Å². The van der Waals surface area contributed by atoms with Crippen LogP contribution in [0.1, 0.15) is 25.0 Å². The minimum absolute atomic E-state index is 0.105. The van der Waals surface area contributed by atoms with Crippen molar-refractivity contribution in [2.45, 2.75) is 32.7 Å². The predicted octanol–water partition coefficient (Wildman–Crippen LogP) is 2.64. The molecule has 0 radical (unpaired) electrons. The number of hydrogen-bond acceptors (Lipinski definition) is 3. The maximum Gasteiger partial charge on any atom is 0.307 e. The number of anilines is 1.